The van der Waals surface area contributed by atoms with Gasteiger partial charge in [-0.3, -0.25) is 0 Å². The lowest BCUT2D eigenvalue weighted by Crippen LogP contribution is -2.20. The van der Waals surface area contributed by atoms with Crippen LogP contribution in [0.5, 0.6) is 17.2 Å². The maximum atomic E-state index is 5.61. The van der Waals surface area contributed by atoms with Crippen LogP contribution in [0, 0.1) is 0 Å². The monoisotopic (exact) mass is 375 g/mol. The third kappa shape index (κ3) is 2.58. The van der Waals surface area contributed by atoms with Crippen molar-refractivity contribution in [3.63, 3.8) is 0 Å². The molecule has 2 heterocycles. The minimum atomic E-state index is 0.282. The smallest absolute Gasteiger partial charge is 0.231 e. The molecule has 0 fully saturated rings. The summed E-state index contributed by atoms with van der Waals surface area (Å²) in [6, 6.07) is 10.5. The number of nitrogens with one attached hydrogen (secondary N) is 1. The Bertz CT molecular complexity index is 730. The first-order valence-electron chi connectivity index (χ1n) is 7.73. The fourth-order valence-electron chi connectivity index (χ4n) is 3.33. The van der Waals surface area contributed by atoms with E-state index in [0.717, 1.165) is 41.2 Å². The second-order valence-electron chi connectivity index (χ2n) is 5.77. The quantitative estimate of drug-likeness (QED) is 0.872. The van der Waals surface area contributed by atoms with Crippen LogP contribution >= 0.6 is 15.9 Å². The van der Waals surface area contributed by atoms with E-state index in [1.165, 1.54) is 16.7 Å². The van der Waals surface area contributed by atoms with Gasteiger partial charge < -0.3 is 19.5 Å². The van der Waals surface area contributed by atoms with Gasteiger partial charge in [0.2, 0.25) is 6.79 Å². The molecule has 0 saturated carbocycles. The summed E-state index contributed by atoms with van der Waals surface area (Å²) >= 11 is 3.72. The van der Waals surface area contributed by atoms with Gasteiger partial charge in [-0.2, -0.15) is 0 Å². The molecule has 0 spiro atoms. The average Bonchev–Trinajstić information content (AvgIpc) is 2.95. The van der Waals surface area contributed by atoms with Crippen molar-refractivity contribution in [1.82, 2.24) is 5.32 Å². The Hall–Kier alpha value is -1.72. The zero-order chi connectivity index (χ0) is 15.8. The van der Waals surface area contributed by atoms with E-state index >= 15 is 0 Å². The predicted octanol–water partition coefficient (Wildman–Crippen LogP) is 3.46. The molecule has 5 heteroatoms. The van der Waals surface area contributed by atoms with Gasteiger partial charge >= 0.3 is 0 Å². The molecule has 0 bridgehead atoms. The number of benzene rings is 2. The first-order valence-corrected chi connectivity index (χ1v) is 8.52. The highest BCUT2D eigenvalue weighted by Gasteiger charge is 2.28. The Labute approximate surface area is 143 Å². The molecule has 0 amide bonds. The first kappa shape index (κ1) is 14.8. The highest BCUT2D eigenvalue weighted by atomic mass is 79.9. The van der Waals surface area contributed by atoms with E-state index in [4.69, 9.17) is 14.2 Å². The second kappa shape index (κ2) is 6.06. The van der Waals surface area contributed by atoms with E-state index in [-0.39, 0.29) is 5.92 Å². The number of ether oxygens (including phenoxy) is 3. The molecule has 1 N–H and O–H groups in total. The van der Waals surface area contributed by atoms with Crippen molar-refractivity contribution in [2.24, 2.45) is 0 Å². The van der Waals surface area contributed by atoms with Crippen LogP contribution in [0.1, 0.15) is 22.6 Å². The molecule has 2 aliphatic heterocycles. The molecule has 120 valence electrons. The molecule has 1 atom stereocenters. The molecule has 0 aliphatic carbocycles. The molecule has 0 aromatic heterocycles. The molecular formula is C18H18BrNO3. The van der Waals surface area contributed by atoms with E-state index in [2.05, 4.69) is 39.4 Å². The molecule has 2 aromatic rings. The lowest BCUT2D eigenvalue weighted by molar-refractivity contribution is 0.173. The van der Waals surface area contributed by atoms with Gasteiger partial charge in [0.05, 0.1) is 11.6 Å². The van der Waals surface area contributed by atoms with Crippen molar-refractivity contribution in [3.05, 3.63) is 51.5 Å². The predicted molar refractivity (Wildman–Crippen MR) is 91.7 cm³/mol. The van der Waals surface area contributed by atoms with Gasteiger partial charge in [0.15, 0.2) is 11.5 Å². The lowest BCUT2D eigenvalue weighted by atomic mass is 9.87. The Morgan fingerprint density at radius 1 is 1.22 bits per heavy atom. The average molecular weight is 376 g/mol. The van der Waals surface area contributed by atoms with E-state index < -0.39 is 0 Å². The normalized spacial score (nSPS) is 19.1. The van der Waals surface area contributed by atoms with E-state index in [0.29, 0.717) is 6.79 Å². The summed E-state index contributed by atoms with van der Waals surface area (Å²) < 4.78 is 17.5. The first-order chi connectivity index (χ1) is 11.3. The third-order valence-corrected chi connectivity index (χ3v) is 5.37. The van der Waals surface area contributed by atoms with Crippen LogP contribution in [-0.4, -0.2) is 27.0 Å². The van der Waals surface area contributed by atoms with Crippen LogP contribution in [0.2, 0.25) is 0 Å². The molecule has 23 heavy (non-hydrogen) atoms. The van der Waals surface area contributed by atoms with Crippen LogP contribution in [0.3, 0.4) is 0 Å². The van der Waals surface area contributed by atoms with Crippen molar-refractivity contribution in [2.75, 3.05) is 27.0 Å². The molecule has 0 radical (unpaired) electrons. The van der Waals surface area contributed by atoms with Gasteiger partial charge in [-0.15, -0.1) is 0 Å². The number of methoxy groups -OCH3 is 1. The molecular weight excluding hydrogens is 358 g/mol. The van der Waals surface area contributed by atoms with Crippen LogP contribution < -0.4 is 19.5 Å². The number of fused-ring (bicyclic) bond motifs is 2. The zero-order valence-electron chi connectivity index (χ0n) is 12.9. The van der Waals surface area contributed by atoms with Gasteiger partial charge in [0, 0.05) is 12.5 Å². The third-order valence-electron chi connectivity index (χ3n) is 4.53. The summed E-state index contributed by atoms with van der Waals surface area (Å²) in [6.07, 6.45) is 0.971. The summed E-state index contributed by atoms with van der Waals surface area (Å²) in [7, 11) is 1.69. The van der Waals surface area contributed by atoms with Crippen LogP contribution in [-0.2, 0) is 6.42 Å². The summed E-state index contributed by atoms with van der Waals surface area (Å²) in [5.74, 6) is 2.82. The van der Waals surface area contributed by atoms with Gasteiger partial charge in [-0.25, -0.2) is 0 Å². The Morgan fingerprint density at radius 3 is 2.83 bits per heavy atom. The lowest BCUT2D eigenvalue weighted by Gasteiger charge is -2.20. The topological polar surface area (TPSA) is 39.7 Å². The number of rotatable bonds is 2. The minimum Gasteiger partial charge on any atom is -0.497 e. The molecule has 2 aliphatic rings. The standard InChI is InChI=1S/C18H18BrNO3/c1-21-12-4-2-11(3-5-12)15-9-20-7-6-13-14(15)8-16-18(17(13)19)23-10-22-16/h2-5,8,15,20H,6-7,9-10H2,1H3. The fourth-order valence-corrected chi connectivity index (χ4v) is 4.06. The Balaban J connectivity index is 1.82. The Morgan fingerprint density at radius 2 is 2.04 bits per heavy atom. The summed E-state index contributed by atoms with van der Waals surface area (Å²) in [4.78, 5) is 0. The van der Waals surface area contributed by atoms with Gasteiger partial charge in [0.25, 0.3) is 0 Å². The van der Waals surface area contributed by atoms with Crippen molar-refractivity contribution in [3.8, 4) is 17.2 Å². The fraction of sp³-hybridized carbons (Fsp3) is 0.333. The van der Waals surface area contributed by atoms with Crippen molar-refractivity contribution >= 4 is 15.9 Å². The number of halogens is 1. The summed E-state index contributed by atoms with van der Waals surface area (Å²) in [6.45, 7) is 2.16. The zero-order valence-corrected chi connectivity index (χ0v) is 14.5. The number of hydrogen-bond donors (Lipinski definition) is 1. The van der Waals surface area contributed by atoms with Crippen molar-refractivity contribution in [2.45, 2.75) is 12.3 Å². The van der Waals surface area contributed by atoms with E-state index in [9.17, 15) is 0 Å². The minimum absolute atomic E-state index is 0.282. The van der Waals surface area contributed by atoms with Crippen LogP contribution in [0.4, 0.5) is 0 Å². The number of hydrogen-bond acceptors (Lipinski definition) is 4. The van der Waals surface area contributed by atoms with E-state index in [1.54, 1.807) is 7.11 Å². The second-order valence-corrected chi connectivity index (χ2v) is 6.56. The maximum absolute atomic E-state index is 5.61. The summed E-state index contributed by atoms with van der Waals surface area (Å²) in [5.41, 5.74) is 3.88. The molecule has 1 unspecified atom stereocenters. The molecule has 4 nitrogen and oxygen atoms in total. The van der Waals surface area contributed by atoms with Crippen LogP contribution in [0.15, 0.2) is 34.8 Å². The van der Waals surface area contributed by atoms with Gasteiger partial charge in [0.1, 0.15) is 5.75 Å². The van der Waals surface area contributed by atoms with Crippen molar-refractivity contribution in [1.29, 1.82) is 0 Å². The Kier molecular flexibility index (Phi) is 3.91. The molecule has 0 saturated heterocycles. The largest absolute Gasteiger partial charge is 0.497 e. The summed E-state index contributed by atoms with van der Waals surface area (Å²) in [5, 5.41) is 3.54. The van der Waals surface area contributed by atoms with Crippen molar-refractivity contribution < 1.29 is 14.2 Å². The maximum Gasteiger partial charge on any atom is 0.231 e. The highest BCUT2D eigenvalue weighted by molar-refractivity contribution is 9.10. The molecule has 2 aromatic carbocycles. The van der Waals surface area contributed by atoms with Gasteiger partial charge in [-0.05, 0) is 63.8 Å². The van der Waals surface area contributed by atoms with Gasteiger partial charge in [-0.1, -0.05) is 12.1 Å². The SMILES string of the molecule is COc1ccc(C2CNCCc3c2cc2c(c3Br)OCO2)cc1. The molecule has 4 rings (SSSR count). The highest BCUT2D eigenvalue weighted by Crippen LogP contribution is 2.46. The van der Waals surface area contributed by atoms with Crippen LogP contribution in [0.25, 0.3) is 0 Å². The van der Waals surface area contributed by atoms with E-state index in [1.807, 2.05) is 12.1 Å².